The summed E-state index contributed by atoms with van der Waals surface area (Å²) < 4.78 is 57.2. The van der Waals surface area contributed by atoms with E-state index >= 15 is 0 Å². The minimum Gasteiger partial charge on any atom is -0.442 e. The molecule has 0 spiro atoms. The van der Waals surface area contributed by atoms with Crippen LogP contribution < -0.4 is 15.8 Å². The summed E-state index contributed by atoms with van der Waals surface area (Å²) >= 11 is 0. The van der Waals surface area contributed by atoms with Crippen molar-refractivity contribution in [2.24, 2.45) is 10.7 Å². The number of carbonyl (C=O) groups is 1. The second kappa shape index (κ2) is 7.50. The first-order valence-corrected chi connectivity index (χ1v) is 8.14. The second-order valence-electron chi connectivity index (χ2n) is 6.12. The van der Waals surface area contributed by atoms with Gasteiger partial charge in [-0.2, -0.15) is 4.98 Å². The Hall–Kier alpha value is -3.08. The zero-order chi connectivity index (χ0) is 20.5. The summed E-state index contributed by atoms with van der Waals surface area (Å²) in [6.45, 7) is 2.44. The molecule has 1 atom stereocenters. The monoisotopic (exact) mass is 398 g/mol. The van der Waals surface area contributed by atoms with E-state index < -0.39 is 36.0 Å². The Kier molecular flexibility index (Phi) is 5.27. The lowest BCUT2D eigenvalue weighted by Gasteiger charge is -2.33. The van der Waals surface area contributed by atoms with E-state index in [-0.39, 0.29) is 29.8 Å². The van der Waals surface area contributed by atoms with Crippen molar-refractivity contribution in [1.82, 2.24) is 4.98 Å². The highest BCUT2D eigenvalue weighted by molar-refractivity contribution is 5.86. The van der Waals surface area contributed by atoms with E-state index in [0.717, 1.165) is 12.1 Å². The number of ether oxygens (including phenoxy) is 2. The van der Waals surface area contributed by atoms with Gasteiger partial charge in [-0.15, -0.1) is 0 Å². The number of amidine groups is 1. The maximum atomic E-state index is 14.4. The number of alkyl halides is 2. The largest absolute Gasteiger partial charge is 0.442 e. The van der Waals surface area contributed by atoms with Crippen molar-refractivity contribution in [3.8, 4) is 5.88 Å². The molecule has 11 heteroatoms. The number of aromatic nitrogens is 1. The Morgan fingerprint density at radius 3 is 2.75 bits per heavy atom. The minimum atomic E-state index is -3.09. The summed E-state index contributed by atoms with van der Waals surface area (Å²) in [5, 5.41) is 2.33. The molecule has 1 aromatic carbocycles. The number of aliphatic imine (C=N–C) groups is 1. The number of nitrogens with one attached hydrogen (secondary N) is 1. The van der Waals surface area contributed by atoms with E-state index in [4.69, 9.17) is 19.6 Å². The van der Waals surface area contributed by atoms with Crippen LogP contribution in [0.4, 0.5) is 23.7 Å². The average molecular weight is 398 g/mol. The van der Waals surface area contributed by atoms with Gasteiger partial charge in [0.15, 0.2) is 17.2 Å². The summed E-state index contributed by atoms with van der Waals surface area (Å²) in [7, 11) is 0. The topological polar surface area (TPSA) is 112 Å². The van der Waals surface area contributed by atoms with Gasteiger partial charge in [-0.1, -0.05) is 0 Å². The molecule has 3 N–H and O–H groups in total. The molecule has 3 rings (SSSR count). The summed E-state index contributed by atoms with van der Waals surface area (Å²) in [5.74, 6) is -0.575. The third-order valence-corrected chi connectivity index (χ3v) is 4.01. The highest BCUT2D eigenvalue weighted by Gasteiger charge is 2.46. The van der Waals surface area contributed by atoms with E-state index in [2.05, 4.69) is 15.3 Å². The standard InChI is InChI=1S/C17H17F3N4O4/c1-8-14(22-9(2)27-8)28-16(25)23-10-3-4-12(18)11(5-10)17(15(19)20)7-26-6-13(21)24-17/h3-5,15H,6-7H2,1-2H3,(H2,21,24)(H,23,25)/t17-/m0/s1. The van der Waals surface area contributed by atoms with E-state index in [1.54, 1.807) is 13.8 Å². The molecule has 0 saturated heterocycles. The molecular formula is C17H17F3N4O4. The lowest BCUT2D eigenvalue weighted by Crippen LogP contribution is -2.45. The molecular weight excluding hydrogens is 381 g/mol. The molecule has 0 aliphatic carbocycles. The second-order valence-corrected chi connectivity index (χ2v) is 6.12. The summed E-state index contributed by atoms with van der Waals surface area (Å²) in [6, 6.07) is 3.16. The SMILES string of the molecule is Cc1nc(OC(=O)Nc2ccc(F)c([C@]3(C(F)F)COCC(N)=N3)c2)c(C)o1. The van der Waals surface area contributed by atoms with Gasteiger partial charge in [-0.3, -0.25) is 10.3 Å². The number of anilines is 1. The summed E-state index contributed by atoms with van der Waals surface area (Å²) in [6.07, 6.45) is -4.05. The molecule has 8 nitrogen and oxygen atoms in total. The van der Waals surface area contributed by atoms with Gasteiger partial charge in [-0.05, 0) is 25.1 Å². The fourth-order valence-corrected chi connectivity index (χ4v) is 2.77. The summed E-state index contributed by atoms with van der Waals surface area (Å²) in [5.41, 5.74) is 2.76. The molecule has 0 fully saturated rings. The Morgan fingerprint density at radius 1 is 1.39 bits per heavy atom. The van der Waals surface area contributed by atoms with E-state index in [1.165, 1.54) is 6.07 Å². The average Bonchev–Trinajstić information content (AvgIpc) is 2.93. The Morgan fingerprint density at radius 2 is 2.14 bits per heavy atom. The van der Waals surface area contributed by atoms with Crippen LogP contribution in [0.1, 0.15) is 17.2 Å². The first kappa shape index (κ1) is 19.7. The molecule has 0 radical (unpaired) electrons. The molecule has 1 aliphatic rings. The number of nitrogens with zero attached hydrogens (tertiary/aromatic N) is 2. The van der Waals surface area contributed by atoms with E-state index in [1.807, 2.05) is 0 Å². The molecule has 1 amide bonds. The van der Waals surface area contributed by atoms with Crippen LogP contribution in [0.15, 0.2) is 27.6 Å². The van der Waals surface area contributed by atoms with Crippen LogP contribution in [0.5, 0.6) is 5.88 Å². The normalized spacial score (nSPS) is 19.4. The van der Waals surface area contributed by atoms with Crippen molar-refractivity contribution in [3.05, 3.63) is 41.2 Å². The summed E-state index contributed by atoms with van der Waals surface area (Å²) in [4.78, 5) is 19.7. The van der Waals surface area contributed by atoms with Crippen molar-refractivity contribution in [1.29, 1.82) is 0 Å². The fraction of sp³-hybridized carbons (Fsp3) is 0.353. The van der Waals surface area contributed by atoms with Crippen LogP contribution in [0.3, 0.4) is 0 Å². The van der Waals surface area contributed by atoms with Crippen LogP contribution in [0.25, 0.3) is 0 Å². The molecule has 1 aromatic heterocycles. The van der Waals surface area contributed by atoms with Crippen LogP contribution >= 0.6 is 0 Å². The maximum Gasteiger partial charge on any atom is 0.418 e. The lowest BCUT2D eigenvalue weighted by atomic mass is 9.90. The third-order valence-electron chi connectivity index (χ3n) is 4.01. The van der Waals surface area contributed by atoms with Gasteiger partial charge in [-0.25, -0.2) is 18.0 Å². The Bertz CT molecular complexity index is 931. The molecule has 2 aromatic rings. The number of carbonyl (C=O) groups excluding carboxylic acids is 1. The molecule has 150 valence electrons. The van der Waals surface area contributed by atoms with Crippen molar-refractivity contribution in [3.63, 3.8) is 0 Å². The zero-order valence-electron chi connectivity index (χ0n) is 15.0. The number of nitrogens with two attached hydrogens (primary N) is 1. The van der Waals surface area contributed by atoms with Gasteiger partial charge in [0, 0.05) is 18.2 Å². The highest BCUT2D eigenvalue weighted by atomic mass is 19.3. The van der Waals surface area contributed by atoms with E-state index in [9.17, 15) is 18.0 Å². The van der Waals surface area contributed by atoms with Crippen LogP contribution in [-0.4, -0.2) is 36.6 Å². The molecule has 1 aliphatic heterocycles. The molecule has 0 bridgehead atoms. The molecule has 2 heterocycles. The van der Waals surface area contributed by atoms with Gasteiger partial charge < -0.3 is 19.6 Å². The predicted molar refractivity (Wildman–Crippen MR) is 92.1 cm³/mol. The quantitative estimate of drug-likeness (QED) is 0.819. The van der Waals surface area contributed by atoms with Crippen molar-refractivity contribution >= 4 is 17.6 Å². The molecule has 28 heavy (non-hydrogen) atoms. The number of halogens is 3. The van der Waals surface area contributed by atoms with Gasteiger partial charge >= 0.3 is 6.09 Å². The first-order valence-electron chi connectivity index (χ1n) is 8.14. The fourth-order valence-electron chi connectivity index (χ4n) is 2.77. The number of hydrogen-bond acceptors (Lipinski definition) is 7. The number of aryl methyl sites for hydroxylation is 2. The van der Waals surface area contributed by atoms with E-state index in [0.29, 0.717) is 5.89 Å². The van der Waals surface area contributed by atoms with Crippen LogP contribution in [0, 0.1) is 19.7 Å². The van der Waals surface area contributed by atoms with Gasteiger partial charge in [0.05, 0.1) is 6.61 Å². The Balaban J connectivity index is 1.88. The van der Waals surface area contributed by atoms with Crippen molar-refractivity contribution in [2.45, 2.75) is 25.8 Å². The number of rotatable bonds is 4. The van der Waals surface area contributed by atoms with Crippen molar-refractivity contribution < 1.29 is 31.9 Å². The first-order chi connectivity index (χ1) is 13.2. The third kappa shape index (κ3) is 3.79. The minimum absolute atomic E-state index is 0.0126. The van der Waals surface area contributed by atoms with Gasteiger partial charge in [0.1, 0.15) is 18.3 Å². The van der Waals surface area contributed by atoms with Crippen LogP contribution in [0.2, 0.25) is 0 Å². The number of benzene rings is 1. The zero-order valence-corrected chi connectivity index (χ0v) is 15.0. The maximum absolute atomic E-state index is 14.4. The molecule has 0 unspecified atom stereocenters. The number of amides is 1. The number of oxazole rings is 1. The lowest BCUT2D eigenvalue weighted by molar-refractivity contribution is -0.0145. The van der Waals surface area contributed by atoms with Gasteiger partial charge in [0.25, 0.3) is 12.3 Å². The smallest absolute Gasteiger partial charge is 0.418 e. The van der Waals surface area contributed by atoms with Crippen LogP contribution in [-0.2, 0) is 10.3 Å². The molecule has 0 saturated carbocycles. The Labute approximate surface area is 157 Å². The predicted octanol–water partition coefficient (Wildman–Crippen LogP) is 2.89. The highest BCUT2D eigenvalue weighted by Crippen LogP contribution is 2.38. The van der Waals surface area contributed by atoms with Gasteiger partial charge in [0.2, 0.25) is 0 Å². The van der Waals surface area contributed by atoms with Crippen molar-refractivity contribution in [2.75, 3.05) is 18.5 Å². The number of hydrogen-bond donors (Lipinski definition) is 2.